The van der Waals surface area contributed by atoms with Gasteiger partial charge in [-0.3, -0.25) is 15.4 Å². The molecule has 4 rings (SSSR count). The minimum Gasteiger partial charge on any atom is -0.496 e. The van der Waals surface area contributed by atoms with Crippen LogP contribution in [0.1, 0.15) is 11.5 Å². The van der Waals surface area contributed by atoms with E-state index in [1.54, 1.807) is 18.0 Å². The van der Waals surface area contributed by atoms with E-state index in [4.69, 9.17) is 21.4 Å². The molecule has 0 spiro atoms. The van der Waals surface area contributed by atoms with Crippen LogP contribution in [-0.4, -0.2) is 51.5 Å². The molecule has 0 atom stereocenters. The summed E-state index contributed by atoms with van der Waals surface area (Å²) >= 11 is 6.29. The molecule has 9 heteroatoms. The molecule has 3 N–H and O–H groups in total. The number of rotatable bonds is 5. The predicted molar refractivity (Wildman–Crippen MR) is 94.2 cm³/mol. The Hall–Kier alpha value is -2.13. The van der Waals surface area contributed by atoms with E-state index >= 15 is 0 Å². The van der Waals surface area contributed by atoms with E-state index in [1.807, 2.05) is 16.7 Å². The molecule has 0 bridgehead atoms. The third kappa shape index (κ3) is 2.87. The number of aromatic nitrogens is 4. The molecule has 0 radical (unpaired) electrons. The van der Waals surface area contributed by atoms with Crippen LogP contribution in [0.4, 0.5) is 0 Å². The van der Waals surface area contributed by atoms with Gasteiger partial charge in [-0.2, -0.15) is 0 Å². The summed E-state index contributed by atoms with van der Waals surface area (Å²) < 4.78 is 9.17. The Balaban J connectivity index is 1.92. The molecule has 0 aliphatic carbocycles. The fraction of sp³-hybridized carbons (Fsp3) is 0.375. The maximum Gasteiger partial charge on any atom is 0.179 e. The zero-order chi connectivity index (χ0) is 17.4. The highest BCUT2D eigenvalue weighted by Gasteiger charge is 2.25. The molecule has 1 aliphatic rings. The van der Waals surface area contributed by atoms with Crippen molar-refractivity contribution in [1.82, 2.24) is 30.4 Å². The van der Waals surface area contributed by atoms with Crippen molar-refractivity contribution in [3.63, 3.8) is 0 Å². The summed E-state index contributed by atoms with van der Waals surface area (Å²) in [6, 6.07) is 3.74. The van der Waals surface area contributed by atoms with Crippen molar-refractivity contribution < 1.29 is 9.84 Å². The highest BCUT2D eigenvalue weighted by Crippen LogP contribution is 2.38. The monoisotopic (exact) mass is 362 g/mol. The zero-order valence-corrected chi connectivity index (χ0v) is 14.5. The molecule has 0 amide bonds. The van der Waals surface area contributed by atoms with Crippen LogP contribution in [0.2, 0.25) is 5.02 Å². The fourth-order valence-electron chi connectivity index (χ4n) is 3.27. The molecular formula is C16H19ClN6O2. The van der Waals surface area contributed by atoms with Crippen LogP contribution >= 0.6 is 11.6 Å². The number of nitrogens with one attached hydrogen (secondary N) is 2. The molecule has 3 heterocycles. The molecule has 25 heavy (non-hydrogen) atoms. The van der Waals surface area contributed by atoms with Crippen molar-refractivity contribution in [2.75, 3.05) is 26.8 Å². The quantitative estimate of drug-likeness (QED) is 0.629. The predicted octanol–water partition coefficient (Wildman–Crippen LogP) is 1.07. The number of hydrogen-bond acceptors (Lipinski definition) is 6. The second-order valence-electron chi connectivity index (χ2n) is 5.98. The highest BCUT2D eigenvalue weighted by atomic mass is 35.5. The van der Waals surface area contributed by atoms with Gasteiger partial charge in [0.05, 0.1) is 32.0 Å². The van der Waals surface area contributed by atoms with E-state index in [-0.39, 0.29) is 6.61 Å². The van der Waals surface area contributed by atoms with Crippen LogP contribution in [-0.2, 0) is 6.54 Å². The molecule has 0 saturated carbocycles. The number of aliphatic hydroxyl groups is 1. The van der Waals surface area contributed by atoms with E-state index in [2.05, 4.69) is 27.4 Å². The first-order valence-corrected chi connectivity index (χ1v) is 8.44. The lowest BCUT2D eigenvalue weighted by atomic mass is 9.99. The Kier molecular flexibility index (Phi) is 4.34. The van der Waals surface area contributed by atoms with Gasteiger partial charge in [-0.15, -0.1) is 5.10 Å². The zero-order valence-electron chi connectivity index (χ0n) is 13.7. The molecule has 2 aromatic heterocycles. The van der Waals surface area contributed by atoms with Crippen LogP contribution in [0.5, 0.6) is 5.75 Å². The summed E-state index contributed by atoms with van der Waals surface area (Å²) in [5.41, 5.74) is 8.42. The third-order valence-electron chi connectivity index (χ3n) is 4.45. The largest absolute Gasteiger partial charge is 0.496 e. The molecule has 8 nitrogen and oxygen atoms in total. The van der Waals surface area contributed by atoms with Crippen molar-refractivity contribution in [2.24, 2.45) is 0 Å². The maximum atomic E-state index is 9.08. The average molecular weight is 363 g/mol. The summed E-state index contributed by atoms with van der Waals surface area (Å²) in [6.45, 7) is 2.09. The van der Waals surface area contributed by atoms with Crippen LogP contribution in [0.25, 0.3) is 16.7 Å². The first-order chi connectivity index (χ1) is 12.2. The number of ether oxygens (including phenoxy) is 1. The first-order valence-electron chi connectivity index (χ1n) is 8.07. The van der Waals surface area contributed by atoms with Gasteiger partial charge >= 0.3 is 0 Å². The second-order valence-corrected chi connectivity index (χ2v) is 6.42. The number of hydrogen-bond donors (Lipinski definition) is 3. The van der Waals surface area contributed by atoms with Crippen LogP contribution < -0.4 is 15.6 Å². The van der Waals surface area contributed by atoms with E-state index in [0.29, 0.717) is 23.3 Å². The number of nitrogens with zero attached hydrogens (tertiary/aromatic N) is 4. The number of fused-ring (bicyclic) bond motifs is 1. The van der Waals surface area contributed by atoms with Gasteiger partial charge in [0, 0.05) is 35.6 Å². The molecule has 132 valence electrons. The maximum absolute atomic E-state index is 9.08. The SMILES string of the molecule is COc1cc(Cl)cc2c1c(C1CNNC1)cn2-c1cn(CCO)nn1. The topological polar surface area (TPSA) is 89.2 Å². The minimum absolute atomic E-state index is 0.0134. The Morgan fingerprint density at radius 2 is 2.12 bits per heavy atom. The molecule has 3 aromatic rings. The van der Waals surface area contributed by atoms with Gasteiger partial charge < -0.3 is 9.84 Å². The molecule has 1 saturated heterocycles. The van der Waals surface area contributed by atoms with Crippen molar-refractivity contribution in [3.05, 3.63) is 35.1 Å². The lowest BCUT2D eigenvalue weighted by molar-refractivity contribution is 0.268. The lowest BCUT2D eigenvalue weighted by Gasteiger charge is -2.09. The fourth-order valence-corrected chi connectivity index (χ4v) is 3.48. The number of aliphatic hydroxyl groups excluding tert-OH is 1. The van der Waals surface area contributed by atoms with Gasteiger partial charge in [0.1, 0.15) is 5.75 Å². The summed E-state index contributed by atoms with van der Waals surface area (Å²) in [6.07, 6.45) is 3.87. The number of halogens is 1. The first kappa shape index (κ1) is 16.3. The highest BCUT2D eigenvalue weighted by molar-refractivity contribution is 6.31. The van der Waals surface area contributed by atoms with E-state index in [1.165, 1.54) is 0 Å². The van der Waals surface area contributed by atoms with Gasteiger partial charge in [-0.05, 0) is 17.7 Å². The Labute approximate surface area is 149 Å². The number of methoxy groups -OCH3 is 1. The van der Waals surface area contributed by atoms with Crippen LogP contribution in [0.15, 0.2) is 24.5 Å². The van der Waals surface area contributed by atoms with E-state index in [0.717, 1.165) is 35.3 Å². The van der Waals surface area contributed by atoms with E-state index < -0.39 is 0 Å². The van der Waals surface area contributed by atoms with Gasteiger partial charge in [0.15, 0.2) is 5.82 Å². The minimum atomic E-state index is 0.0134. The van der Waals surface area contributed by atoms with Gasteiger partial charge in [-0.1, -0.05) is 16.8 Å². The molecular weight excluding hydrogens is 344 g/mol. The second kappa shape index (κ2) is 6.64. The van der Waals surface area contributed by atoms with Gasteiger partial charge in [-0.25, -0.2) is 4.68 Å². The Morgan fingerprint density at radius 3 is 2.84 bits per heavy atom. The van der Waals surface area contributed by atoms with E-state index in [9.17, 15) is 0 Å². The number of benzene rings is 1. The Bertz CT molecular complexity index is 900. The van der Waals surface area contributed by atoms with Crippen molar-refractivity contribution in [2.45, 2.75) is 12.5 Å². The summed E-state index contributed by atoms with van der Waals surface area (Å²) in [7, 11) is 1.65. The molecule has 0 unspecified atom stereocenters. The standard InChI is InChI=1S/C16H19ClN6O2/c1-25-14-5-11(17)4-13-16(14)12(10-6-18-19-7-10)8-23(13)15-9-22(2-3-24)21-20-15/h4-5,8-10,18-19,24H,2-3,6-7H2,1H3. The average Bonchev–Trinajstić information content (AvgIpc) is 3.33. The Morgan fingerprint density at radius 1 is 1.32 bits per heavy atom. The van der Waals surface area contributed by atoms with Crippen molar-refractivity contribution in [1.29, 1.82) is 0 Å². The molecule has 1 aliphatic heterocycles. The van der Waals surface area contributed by atoms with Gasteiger partial charge in [0.2, 0.25) is 0 Å². The third-order valence-corrected chi connectivity index (χ3v) is 4.66. The summed E-state index contributed by atoms with van der Waals surface area (Å²) in [4.78, 5) is 0. The molecule has 1 aromatic carbocycles. The van der Waals surface area contributed by atoms with Crippen LogP contribution in [0.3, 0.4) is 0 Å². The van der Waals surface area contributed by atoms with Crippen LogP contribution in [0, 0.1) is 0 Å². The smallest absolute Gasteiger partial charge is 0.179 e. The summed E-state index contributed by atoms with van der Waals surface area (Å²) in [5, 5.41) is 19.0. The number of hydrazine groups is 1. The normalized spacial score (nSPS) is 15.3. The summed E-state index contributed by atoms with van der Waals surface area (Å²) in [5.74, 6) is 1.73. The lowest BCUT2D eigenvalue weighted by Crippen LogP contribution is -2.21. The van der Waals surface area contributed by atoms with Gasteiger partial charge in [0.25, 0.3) is 0 Å². The van der Waals surface area contributed by atoms with Crippen molar-refractivity contribution in [3.8, 4) is 11.6 Å². The molecule has 1 fully saturated rings. The van der Waals surface area contributed by atoms with Crippen molar-refractivity contribution >= 4 is 22.5 Å².